The van der Waals surface area contributed by atoms with E-state index in [-0.39, 0.29) is 28.5 Å². The van der Waals surface area contributed by atoms with Crippen LogP contribution in [0.5, 0.6) is 0 Å². The molecule has 2 aromatic heterocycles. The Bertz CT molecular complexity index is 1280. The van der Waals surface area contributed by atoms with Gasteiger partial charge in [-0.25, -0.2) is 22.8 Å². The molecule has 0 aliphatic carbocycles. The normalized spacial score (nSPS) is 11.6. The Kier molecular flexibility index (Phi) is 6.22. The van der Waals surface area contributed by atoms with Crippen molar-refractivity contribution in [3.05, 3.63) is 51.4 Å². The molecule has 0 bridgehead atoms. The number of halogens is 3. The molecular formula is C18H18ClF2N5O3S. The van der Waals surface area contributed by atoms with E-state index in [1.165, 1.54) is 10.9 Å². The van der Waals surface area contributed by atoms with Crippen molar-refractivity contribution in [2.24, 2.45) is 7.05 Å². The van der Waals surface area contributed by atoms with Crippen LogP contribution in [0.15, 0.2) is 29.5 Å². The number of hydrogen-bond donors (Lipinski definition) is 2. The zero-order chi connectivity index (χ0) is 22.1. The third-order valence-corrected chi connectivity index (χ3v) is 6.08. The molecule has 0 saturated heterocycles. The van der Waals surface area contributed by atoms with Gasteiger partial charge in [0, 0.05) is 12.7 Å². The number of benzene rings is 1. The van der Waals surface area contributed by atoms with Gasteiger partial charge in [-0.05, 0) is 31.0 Å². The van der Waals surface area contributed by atoms with Crippen molar-refractivity contribution in [2.45, 2.75) is 13.3 Å². The quantitative estimate of drug-likeness (QED) is 0.564. The van der Waals surface area contributed by atoms with Gasteiger partial charge in [-0.1, -0.05) is 11.6 Å². The SMILES string of the molecule is Cc1c(Nc2c(F)cnc(NS(=O)(=O)CCCF)c2Cl)ccc2ncn(C)c(=O)c12. The number of hydrogen-bond acceptors (Lipinski definition) is 6. The lowest BCUT2D eigenvalue weighted by Crippen LogP contribution is -2.19. The van der Waals surface area contributed by atoms with Crippen molar-refractivity contribution in [1.82, 2.24) is 14.5 Å². The second-order valence-electron chi connectivity index (χ2n) is 6.53. The molecule has 0 amide bonds. The number of pyridine rings is 1. The lowest BCUT2D eigenvalue weighted by atomic mass is 10.1. The molecule has 2 N–H and O–H groups in total. The first kappa shape index (κ1) is 21.9. The Morgan fingerprint density at radius 3 is 2.70 bits per heavy atom. The Morgan fingerprint density at radius 1 is 1.27 bits per heavy atom. The van der Waals surface area contributed by atoms with Gasteiger partial charge in [-0.2, -0.15) is 0 Å². The number of aromatic nitrogens is 3. The highest BCUT2D eigenvalue weighted by Gasteiger charge is 2.20. The van der Waals surface area contributed by atoms with Gasteiger partial charge in [0.1, 0.15) is 5.02 Å². The minimum atomic E-state index is -3.91. The summed E-state index contributed by atoms with van der Waals surface area (Å²) in [5.41, 5.74) is 0.870. The van der Waals surface area contributed by atoms with Gasteiger partial charge < -0.3 is 9.88 Å². The van der Waals surface area contributed by atoms with Gasteiger partial charge in [0.25, 0.3) is 5.56 Å². The van der Waals surface area contributed by atoms with Crippen molar-refractivity contribution in [2.75, 3.05) is 22.5 Å². The van der Waals surface area contributed by atoms with Gasteiger partial charge in [-0.3, -0.25) is 13.9 Å². The van der Waals surface area contributed by atoms with E-state index in [1.807, 2.05) is 0 Å². The van der Waals surface area contributed by atoms with Gasteiger partial charge >= 0.3 is 0 Å². The molecule has 0 atom stereocenters. The van der Waals surface area contributed by atoms with Gasteiger partial charge in [0.2, 0.25) is 10.0 Å². The summed E-state index contributed by atoms with van der Waals surface area (Å²) in [5.74, 6) is -1.59. The van der Waals surface area contributed by atoms with Crippen molar-refractivity contribution < 1.29 is 17.2 Å². The number of nitrogens with one attached hydrogen (secondary N) is 2. The highest BCUT2D eigenvalue weighted by molar-refractivity contribution is 7.92. The summed E-state index contributed by atoms with van der Waals surface area (Å²) in [7, 11) is -2.34. The van der Waals surface area contributed by atoms with Gasteiger partial charge in [0.15, 0.2) is 11.6 Å². The van der Waals surface area contributed by atoms with Crippen molar-refractivity contribution >= 4 is 49.7 Å². The molecule has 160 valence electrons. The molecule has 30 heavy (non-hydrogen) atoms. The van der Waals surface area contributed by atoms with Crippen molar-refractivity contribution in [3.8, 4) is 0 Å². The van der Waals surface area contributed by atoms with Crippen molar-refractivity contribution in [1.29, 1.82) is 0 Å². The number of anilines is 3. The molecule has 3 rings (SSSR count). The van der Waals surface area contributed by atoms with E-state index in [0.29, 0.717) is 22.2 Å². The summed E-state index contributed by atoms with van der Waals surface area (Å²) < 4.78 is 54.2. The molecule has 0 aliphatic rings. The lowest BCUT2D eigenvalue weighted by Gasteiger charge is -2.16. The standard InChI is InChI=1S/C18H18ClF2N5O3S/c1-10-12(4-5-13-14(10)18(27)26(2)9-23-13)24-16-11(21)8-22-17(15(16)19)25-30(28,29)7-3-6-20/h4-5,8-9H,3,6-7H2,1-2H3,(H2,22,24,25). The predicted octanol–water partition coefficient (Wildman–Crippen LogP) is 3.27. The van der Waals surface area contributed by atoms with E-state index in [2.05, 4.69) is 20.0 Å². The zero-order valence-corrected chi connectivity index (χ0v) is 17.6. The Balaban J connectivity index is 2.02. The summed E-state index contributed by atoms with van der Waals surface area (Å²) >= 11 is 6.19. The number of rotatable bonds is 7. The van der Waals surface area contributed by atoms with E-state index in [4.69, 9.17) is 11.6 Å². The number of fused-ring (bicyclic) bond motifs is 1. The van der Waals surface area contributed by atoms with Crippen LogP contribution in [-0.2, 0) is 17.1 Å². The number of alkyl halides is 1. The molecule has 0 fully saturated rings. The second-order valence-corrected chi connectivity index (χ2v) is 8.74. The second kappa shape index (κ2) is 8.52. The first-order chi connectivity index (χ1) is 14.1. The van der Waals surface area contributed by atoms with E-state index in [9.17, 15) is 22.0 Å². The number of nitrogens with zero attached hydrogens (tertiary/aromatic N) is 3. The van der Waals surface area contributed by atoms with Crippen LogP contribution in [0.2, 0.25) is 5.02 Å². The van der Waals surface area contributed by atoms with Crippen molar-refractivity contribution in [3.63, 3.8) is 0 Å². The maximum Gasteiger partial charge on any atom is 0.261 e. The molecule has 0 unspecified atom stereocenters. The average molecular weight is 458 g/mol. The number of sulfonamides is 1. The molecule has 0 radical (unpaired) electrons. The summed E-state index contributed by atoms with van der Waals surface area (Å²) in [6.07, 6.45) is 2.01. The molecule has 0 spiro atoms. The predicted molar refractivity (Wildman–Crippen MR) is 112 cm³/mol. The topological polar surface area (TPSA) is 106 Å². The van der Waals surface area contributed by atoms with Crippen LogP contribution in [0.1, 0.15) is 12.0 Å². The summed E-state index contributed by atoms with van der Waals surface area (Å²) in [5, 5.41) is 2.84. The summed E-state index contributed by atoms with van der Waals surface area (Å²) in [4.78, 5) is 20.3. The fraction of sp³-hybridized carbons (Fsp3) is 0.278. The van der Waals surface area contributed by atoms with E-state index in [0.717, 1.165) is 6.20 Å². The molecule has 12 heteroatoms. The minimum Gasteiger partial charge on any atom is -0.352 e. The number of aryl methyl sites for hydroxylation is 2. The summed E-state index contributed by atoms with van der Waals surface area (Å²) in [6.45, 7) is 0.870. The molecule has 8 nitrogen and oxygen atoms in total. The first-order valence-corrected chi connectivity index (χ1v) is 10.8. The van der Waals surface area contributed by atoms with E-state index in [1.54, 1.807) is 26.1 Å². The van der Waals surface area contributed by atoms with Crippen LogP contribution in [0.3, 0.4) is 0 Å². The van der Waals surface area contributed by atoms with Gasteiger partial charge in [-0.15, -0.1) is 0 Å². The van der Waals surface area contributed by atoms with Gasteiger partial charge in [0.05, 0.1) is 41.5 Å². The summed E-state index contributed by atoms with van der Waals surface area (Å²) in [6, 6.07) is 3.20. The van der Waals surface area contributed by atoms with E-state index < -0.39 is 28.3 Å². The highest BCUT2D eigenvalue weighted by Crippen LogP contribution is 2.35. The fourth-order valence-electron chi connectivity index (χ4n) is 2.82. The lowest BCUT2D eigenvalue weighted by molar-refractivity contribution is 0.484. The molecule has 3 aromatic rings. The molecule has 0 aliphatic heterocycles. The van der Waals surface area contributed by atoms with Crippen LogP contribution >= 0.6 is 11.6 Å². The molecule has 1 aromatic carbocycles. The molecule has 0 saturated carbocycles. The Morgan fingerprint density at radius 2 is 2.00 bits per heavy atom. The Labute approximate surface area is 176 Å². The van der Waals surface area contributed by atoms with Crippen LogP contribution in [0, 0.1) is 12.7 Å². The zero-order valence-electron chi connectivity index (χ0n) is 16.0. The van der Waals surface area contributed by atoms with Crippen LogP contribution in [0.25, 0.3) is 10.9 Å². The maximum absolute atomic E-state index is 14.4. The largest absolute Gasteiger partial charge is 0.352 e. The third-order valence-electron chi connectivity index (χ3n) is 4.38. The monoisotopic (exact) mass is 457 g/mol. The highest BCUT2D eigenvalue weighted by atomic mass is 35.5. The maximum atomic E-state index is 14.4. The average Bonchev–Trinajstić information content (AvgIpc) is 2.70. The molecule has 2 heterocycles. The molecular weight excluding hydrogens is 440 g/mol. The fourth-order valence-corrected chi connectivity index (χ4v) is 4.15. The smallest absolute Gasteiger partial charge is 0.261 e. The minimum absolute atomic E-state index is 0.196. The van der Waals surface area contributed by atoms with E-state index >= 15 is 0 Å². The third kappa shape index (κ3) is 4.36. The van der Waals surface area contributed by atoms with Crippen LogP contribution in [0.4, 0.5) is 26.0 Å². The van der Waals surface area contributed by atoms with Crippen LogP contribution in [-0.4, -0.2) is 35.4 Å². The Hall–Kier alpha value is -2.79. The van der Waals surface area contributed by atoms with Crippen LogP contribution < -0.4 is 15.6 Å². The first-order valence-electron chi connectivity index (χ1n) is 8.77.